The van der Waals surface area contributed by atoms with Crippen LogP contribution in [0.2, 0.25) is 0 Å². The number of carbonyl (C=O) groups is 4. The predicted octanol–water partition coefficient (Wildman–Crippen LogP) is 1.47. The van der Waals surface area contributed by atoms with Crippen molar-refractivity contribution in [2.75, 3.05) is 17.7 Å². The van der Waals surface area contributed by atoms with Gasteiger partial charge in [0.25, 0.3) is 5.91 Å². The first-order valence-corrected chi connectivity index (χ1v) is 9.27. The van der Waals surface area contributed by atoms with E-state index in [1.54, 1.807) is 0 Å². The number of nitrogens with one attached hydrogen (secondary N) is 2. The van der Waals surface area contributed by atoms with Crippen molar-refractivity contribution in [1.29, 1.82) is 0 Å². The molecule has 1 aromatic rings. The van der Waals surface area contributed by atoms with Gasteiger partial charge in [-0.15, -0.1) is 11.8 Å². The van der Waals surface area contributed by atoms with Gasteiger partial charge in [-0.25, -0.2) is 14.0 Å². The average Bonchev–Trinajstić information content (AvgIpc) is 3.11. The number of urea groups is 1. The van der Waals surface area contributed by atoms with Crippen LogP contribution in [0.25, 0.3) is 0 Å². The van der Waals surface area contributed by atoms with Crippen LogP contribution in [0.3, 0.4) is 0 Å². The molecule has 0 spiro atoms. The molecule has 0 saturated carbocycles. The Morgan fingerprint density at radius 1 is 1.37 bits per heavy atom. The quantitative estimate of drug-likeness (QED) is 0.748. The number of halogens is 1. The molecule has 2 saturated heterocycles. The van der Waals surface area contributed by atoms with Crippen LogP contribution in [-0.4, -0.2) is 52.0 Å². The number of rotatable bonds is 4. The van der Waals surface area contributed by atoms with Gasteiger partial charge in [-0.1, -0.05) is 12.1 Å². The third kappa shape index (κ3) is 4.05. The van der Waals surface area contributed by atoms with Crippen molar-refractivity contribution in [2.24, 2.45) is 0 Å². The van der Waals surface area contributed by atoms with Crippen LogP contribution in [0.5, 0.6) is 0 Å². The van der Waals surface area contributed by atoms with Crippen LogP contribution in [0, 0.1) is 5.82 Å². The molecule has 2 fully saturated rings. The van der Waals surface area contributed by atoms with E-state index in [9.17, 15) is 23.6 Å². The maximum Gasteiger partial charge on any atom is 0.330 e. The third-order valence-corrected chi connectivity index (χ3v) is 5.94. The molecule has 1 aromatic carbocycles. The topological polar surface area (TPSA) is 105 Å². The third-order valence-electron chi connectivity index (χ3n) is 4.44. The molecule has 144 valence electrons. The van der Waals surface area contributed by atoms with Crippen LogP contribution in [0.4, 0.5) is 14.9 Å². The summed E-state index contributed by atoms with van der Waals surface area (Å²) in [6.07, 6.45) is 1.04. The molecule has 2 atom stereocenters. The second-order valence-corrected chi connectivity index (χ2v) is 7.86. The number of fused-ring (bicyclic) bond motifs is 1. The Balaban J connectivity index is 1.48. The van der Waals surface area contributed by atoms with E-state index in [-0.39, 0.29) is 11.6 Å². The number of benzene rings is 1. The van der Waals surface area contributed by atoms with Crippen molar-refractivity contribution in [1.82, 2.24) is 10.2 Å². The largest absolute Gasteiger partial charge is 0.454 e. The molecular formula is C17H18FN3O5S. The van der Waals surface area contributed by atoms with Crippen molar-refractivity contribution < 1.29 is 28.3 Å². The summed E-state index contributed by atoms with van der Waals surface area (Å²) in [5, 5.41) is 4.13. The van der Waals surface area contributed by atoms with Crippen LogP contribution in [0.15, 0.2) is 24.3 Å². The monoisotopic (exact) mass is 395 g/mol. The van der Waals surface area contributed by atoms with Crippen molar-refractivity contribution >= 4 is 41.3 Å². The lowest BCUT2D eigenvalue weighted by Gasteiger charge is -2.29. The first-order valence-electron chi connectivity index (χ1n) is 8.28. The number of thioether (sulfide) groups is 1. The molecule has 8 nitrogen and oxygen atoms in total. The molecule has 0 radical (unpaired) electrons. The molecule has 2 heterocycles. The average molecular weight is 395 g/mol. The predicted molar refractivity (Wildman–Crippen MR) is 95.3 cm³/mol. The zero-order valence-electron chi connectivity index (χ0n) is 14.5. The number of amides is 4. The number of imide groups is 1. The lowest BCUT2D eigenvalue weighted by Crippen LogP contribution is -2.47. The molecule has 2 aliphatic heterocycles. The van der Waals surface area contributed by atoms with E-state index >= 15 is 0 Å². The fraction of sp³-hybridized carbons (Fsp3) is 0.412. The smallest absolute Gasteiger partial charge is 0.330 e. The number of hydrogen-bond donors (Lipinski definition) is 2. The minimum atomic E-state index is -0.945. The van der Waals surface area contributed by atoms with Gasteiger partial charge in [0.05, 0.1) is 10.6 Å². The number of esters is 1. The number of ether oxygens (including phenoxy) is 1. The maximum atomic E-state index is 13.5. The zero-order chi connectivity index (χ0) is 19.6. The minimum Gasteiger partial charge on any atom is -0.454 e. The molecular weight excluding hydrogens is 377 g/mol. The van der Waals surface area contributed by atoms with Gasteiger partial charge in [0, 0.05) is 12.2 Å². The SMILES string of the molecule is C[C@@]12CCC(=O)N1[C@@H](C(=O)OCC(=O)NC(=O)Nc1ccccc1F)CS2. The highest BCUT2D eigenvalue weighted by molar-refractivity contribution is 8.01. The molecule has 0 aromatic heterocycles. The zero-order valence-corrected chi connectivity index (χ0v) is 15.3. The fourth-order valence-corrected chi connectivity index (χ4v) is 4.52. The number of carbonyl (C=O) groups excluding carboxylic acids is 4. The molecule has 2 aliphatic rings. The number of nitrogens with zero attached hydrogens (tertiary/aromatic N) is 1. The Kier molecular flexibility index (Phi) is 5.36. The molecule has 3 rings (SSSR count). The first-order chi connectivity index (χ1) is 12.8. The Hall–Kier alpha value is -2.62. The van der Waals surface area contributed by atoms with E-state index in [1.165, 1.54) is 34.9 Å². The highest BCUT2D eigenvalue weighted by atomic mass is 32.2. The Morgan fingerprint density at radius 2 is 2.11 bits per heavy atom. The molecule has 0 bridgehead atoms. The first kappa shape index (κ1) is 19.2. The van der Waals surface area contributed by atoms with E-state index in [4.69, 9.17) is 4.74 Å². The van der Waals surface area contributed by atoms with Crippen molar-refractivity contribution in [3.05, 3.63) is 30.1 Å². The summed E-state index contributed by atoms with van der Waals surface area (Å²) in [5.41, 5.74) is -0.0883. The molecule has 0 aliphatic carbocycles. The highest BCUT2D eigenvalue weighted by Gasteiger charge is 2.53. The summed E-state index contributed by atoms with van der Waals surface area (Å²) in [7, 11) is 0. The van der Waals surface area contributed by atoms with E-state index < -0.39 is 41.2 Å². The van der Waals surface area contributed by atoms with Crippen molar-refractivity contribution in [2.45, 2.75) is 30.7 Å². The standard InChI is InChI=1S/C17H18FN3O5S/c1-17-7-6-14(23)21(17)12(9-27-17)15(24)26-8-13(22)20-16(25)19-11-5-3-2-4-10(11)18/h2-5,12H,6-9H2,1H3,(H2,19,20,22,25)/t12-,17-/m1/s1. The lowest BCUT2D eigenvalue weighted by atomic mass is 10.2. The maximum absolute atomic E-state index is 13.5. The van der Waals surface area contributed by atoms with E-state index in [1.807, 2.05) is 12.2 Å². The summed E-state index contributed by atoms with van der Waals surface area (Å²) in [6, 6.07) is 3.79. The molecule has 2 N–H and O–H groups in total. The van der Waals surface area contributed by atoms with E-state index in [0.29, 0.717) is 18.6 Å². The molecule has 27 heavy (non-hydrogen) atoms. The number of hydrogen-bond acceptors (Lipinski definition) is 6. The Bertz CT molecular complexity index is 805. The van der Waals surface area contributed by atoms with Crippen molar-refractivity contribution in [3.63, 3.8) is 0 Å². The van der Waals surface area contributed by atoms with Crippen LogP contribution in [0.1, 0.15) is 19.8 Å². The highest BCUT2D eigenvalue weighted by Crippen LogP contribution is 2.47. The summed E-state index contributed by atoms with van der Waals surface area (Å²) < 4.78 is 18.4. The summed E-state index contributed by atoms with van der Waals surface area (Å²) in [4.78, 5) is 48.8. The lowest BCUT2D eigenvalue weighted by molar-refractivity contribution is -0.156. The second kappa shape index (κ2) is 7.55. The minimum absolute atomic E-state index is 0.0883. The Labute approximate surface area is 158 Å². The van der Waals surface area contributed by atoms with Crippen molar-refractivity contribution in [3.8, 4) is 0 Å². The van der Waals surface area contributed by atoms with Gasteiger partial charge in [-0.05, 0) is 25.5 Å². The van der Waals surface area contributed by atoms with Gasteiger partial charge in [-0.2, -0.15) is 0 Å². The van der Waals surface area contributed by atoms with Gasteiger partial charge in [-0.3, -0.25) is 14.9 Å². The van der Waals surface area contributed by atoms with Crippen LogP contribution < -0.4 is 10.6 Å². The second-order valence-electron chi connectivity index (χ2n) is 6.36. The summed E-state index contributed by atoms with van der Waals surface area (Å²) in [5.74, 6) is -1.91. The van der Waals surface area contributed by atoms with Gasteiger partial charge in [0.1, 0.15) is 11.9 Å². The molecule has 4 amide bonds. The van der Waals surface area contributed by atoms with Crippen LogP contribution in [-0.2, 0) is 19.1 Å². The summed E-state index contributed by atoms with van der Waals surface area (Å²) in [6.45, 7) is 1.22. The Morgan fingerprint density at radius 3 is 2.85 bits per heavy atom. The molecule has 0 unspecified atom stereocenters. The van der Waals surface area contributed by atoms with Gasteiger partial charge in [0.15, 0.2) is 6.61 Å². The normalized spacial score (nSPS) is 23.7. The number of anilines is 1. The van der Waals surface area contributed by atoms with E-state index in [0.717, 1.165) is 6.07 Å². The van der Waals surface area contributed by atoms with Gasteiger partial charge in [0.2, 0.25) is 5.91 Å². The van der Waals surface area contributed by atoms with Crippen LogP contribution >= 0.6 is 11.8 Å². The van der Waals surface area contributed by atoms with E-state index in [2.05, 4.69) is 5.32 Å². The summed E-state index contributed by atoms with van der Waals surface area (Å²) >= 11 is 1.51. The molecule has 10 heteroatoms. The van der Waals surface area contributed by atoms with Gasteiger partial charge < -0.3 is 15.0 Å². The van der Waals surface area contributed by atoms with Gasteiger partial charge >= 0.3 is 12.0 Å². The number of para-hydroxylation sites is 1. The fourth-order valence-electron chi connectivity index (χ4n) is 3.11.